The molecule has 1 atom stereocenters. The van der Waals surface area contributed by atoms with Gasteiger partial charge in [0.25, 0.3) is 0 Å². The first kappa shape index (κ1) is 12.3. The molecule has 0 amide bonds. The van der Waals surface area contributed by atoms with Crippen molar-refractivity contribution in [1.82, 2.24) is 5.32 Å². The van der Waals surface area contributed by atoms with E-state index in [0.717, 1.165) is 12.8 Å². The summed E-state index contributed by atoms with van der Waals surface area (Å²) in [5.41, 5.74) is -0.0320. The molecule has 1 unspecified atom stereocenters. The van der Waals surface area contributed by atoms with Crippen molar-refractivity contribution in [2.75, 3.05) is 25.7 Å². The highest BCUT2D eigenvalue weighted by Gasteiger charge is 2.23. The second-order valence-electron chi connectivity index (χ2n) is 3.14. The van der Waals surface area contributed by atoms with E-state index in [0.29, 0.717) is 0 Å². The first-order valence-electron chi connectivity index (χ1n) is 4.53. The molecule has 0 saturated heterocycles. The Morgan fingerprint density at radius 1 is 1.50 bits per heavy atom. The second kappa shape index (κ2) is 6.75. The average Bonchev–Trinajstić information content (AvgIpc) is 2.14. The molecule has 0 aromatic rings. The van der Waals surface area contributed by atoms with Gasteiger partial charge in [-0.05, 0) is 38.3 Å². The smallest absolute Gasteiger partial charge is 0.0613 e. The Labute approximate surface area is 80.1 Å². The van der Waals surface area contributed by atoms with Crippen LogP contribution in [0.15, 0.2) is 0 Å². The maximum Gasteiger partial charge on any atom is 0.0613 e. The molecule has 0 aromatic carbocycles. The summed E-state index contributed by atoms with van der Waals surface area (Å²) in [6.45, 7) is 2.36. The summed E-state index contributed by atoms with van der Waals surface area (Å²) in [6, 6.07) is 0. The van der Waals surface area contributed by atoms with E-state index < -0.39 is 0 Å². The van der Waals surface area contributed by atoms with Crippen molar-refractivity contribution >= 4 is 11.8 Å². The summed E-state index contributed by atoms with van der Waals surface area (Å²) in [7, 11) is 1.93. The normalized spacial score (nSPS) is 16.0. The molecule has 2 nitrogen and oxygen atoms in total. The average molecular weight is 191 g/mol. The summed E-state index contributed by atoms with van der Waals surface area (Å²) in [5.74, 6) is 1.18. The van der Waals surface area contributed by atoms with Gasteiger partial charge in [-0.3, -0.25) is 0 Å². The van der Waals surface area contributed by atoms with E-state index in [9.17, 15) is 5.11 Å². The zero-order chi connectivity index (χ0) is 9.45. The highest BCUT2D eigenvalue weighted by atomic mass is 32.2. The number of thioether (sulfide) groups is 1. The van der Waals surface area contributed by atoms with Crippen LogP contribution in [0, 0.1) is 0 Å². The lowest BCUT2D eigenvalue weighted by atomic mass is 9.92. The molecule has 74 valence electrons. The summed E-state index contributed by atoms with van der Waals surface area (Å²) < 4.78 is 0. The summed E-state index contributed by atoms with van der Waals surface area (Å²) in [5, 5.41) is 12.4. The highest BCUT2D eigenvalue weighted by Crippen LogP contribution is 2.17. The molecule has 0 aromatic heterocycles. The maximum atomic E-state index is 9.21. The molecule has 0 aliphatic carbocycles. The molecule has 3 heteroatoms. The van der Waals surface area contributed by atoms with Gasteiger partial charge in [-0.25, -0.2) is 0 Å². The fourth-order valence-corrected chi connectivity index (χ4v) is 1.74. The van der Waals surface area contributed by atoms with Crippen molar-refractivity contribution in [2.45, 2.75) is 31.7 Å². The van der Waals surface area contributed by atoms with E-state index >= 15 is 0 Å². The predicted molar refractivity (Wildman–Crippen MR) is 56.8 cm³/mol. The predicted octanol–water partition coefficient (Wildman–Crippen LogP) is 1.49. The van der Waals surface area contributed by atoms with E-state index in [1.807, 2.05) is 18.8 Å². The van der Waals surface area contributed by atoms with Crippen LogP contribution in [0.5, 0.6) is 0 Å². The fraction of sp³-hybridized carbons (Fsp3) is 1.00. The van der Waals surface area contributed by atoms with Crippen molar-refractivity contribution in [2.24, 2.45) is 0 Å². The quantitative estimate of drug-likeness (QED) is 0.598. The minimum Gasteiger partial charge on any atom is -0.394 e. The van der Waals surface area contributed by atoms with Crippen molar-refractivity contribution < 1.29 is 5.11 Å². The third kappa shape index (κ3) is 3.78. The van der Waals surface area contributed by atoms with E-state index in [1.54, 1.807) is 0 Å². The highest BCUT2D eigenvalue weighted by molar-refractivity contribution is 7.98. The van der Waals surface area contributed by atoms with Crippen LogP contribution in [0.25, 0.3) is 0 Å². The first-order valence-corrected chi connectivity index (χ1v) is 5.92. The number of aliphatic hydroxyl groups is 1. The minimum atomic E-state index is -0.0320. The van der Waals surface area contributed by atoms with Crippen molar-refractivity contribution in [1.29, 1.82) is 0 Å². The second-order valence-corrected chi connectivity index (χ2v) is 4.12. The molecule has 0 saturated carbocycles. The van der Waals surface area contributed by atoms with Gasteiger partial charge in [0.1, 0.15) is 0 Å². The van der Waals surface area contributed by atoms with Crippen molar-refractivity contribution in [3.8, 4) is 0 Å². The van der Waals surface area contributed by atoms with Gasteiger partial charge in [-0.2, -0.15) is 11.8 Å². The van der Waals surface area contributed by atoms with Gasteiger partial charge < -0.3 is 10.4 Å². The Kier molecular flexibility index (Phi) is 6.90. The van der Waals surface area contributed by atoms with E-state index in [2.05, 4.69) is 18.5 Å². The van der Waals surface area contributed by atoms with E-state index in [1.165, 1.54) is 12.2 Å². The van der Waals surface area contributed by atoms with E-state index in [-0.39, 0.29) is 12.1 Å². The van der Waals surface area contributed by atoms with Crippen LogP contribution in [-0.2, 0) is 0 Å². The Morgan fingerprint density at radius 2 is 2.17 bits per heavy atom. The molecule has 0 radical (unpaired) electrons. The maximum absolute atomic E-state index is 9.21. The molecular formula is C9H21NOS. The molecule has 0 aliphatic rings. The first-order chi connectivity index (χ1) is 5.74. The lowest BCUT2D eigenvalue weighted by Crippen LogP contribution is -2.45. The molecule has 0 spiro atoms. The van der Waals surface area contributed by atoms with Crippen LogP contribution in [0.1, 0.15) is 26.2 Å². The van der Waals surface area contributed by atoms with Crippen LogP contribution in [-0.4, -0.2) is 36.3 Å². The van der Waals surface area contributed by atoms with Gasteiger partial charge in [0.2, 0.25) is 0 Å². The number of hydrogen-bond acceptors (Lipinski definition) is 3. The zero-order valence-electron chi connectivity index (χ0n) is 8.39. The molecular weight excluding hydrogens is 170 g/mol. The van der Waals surface area contributed by atoms with Gasteiger partial charge in [-0.1, -0.05) is 6.92 Å². The van der Waals surface area contributed by atoms with Crippen LogP contribution in [0.2, 0.25) is 0 Å². The number of rotatable bonds is 7. The third-order valence-corrected chi connectivity index (χ3v) is 3.21. The fourth-order valence-electron chi connectivity index (χ4n) is 1.30. The van der Waals surface area contributed by atoms with Gasteiger partial charge in [-0.15, -0.1) is 0 Å². The Balaban J connectivity index is 3.76. The minimum absolute atomic E-state index is 0.0320. The zero-order valence-corrected chi connectivity index (χ0v) is 9.21. The lowest BCUT2D eigenvalue weighted by molar-refractivity contribution is 0.154. The number of hydrogen-bond donors (Lipinski definition) is 2. The standard InChI is InChI=1S/C9H21NOS/c1-4-9(8-11,10-2)6-5-7-12-3/h10-11H,4-8H2,1-3H3. The SMILES string of the molecule is CCC(CO)(CCCSC)NC. The van der Waals surface area contributed by atoms with Gasteiger partial charge >= 0.3 is 0 Å². The van der Waals surface area contributed by atoms with Crippen LogP contribution >= 0.6 is 11.8 Å². The van der Waals surface area contributed by atoms with Crippen LogP contribution in [0.3, 0.4) is 0 Å². The molecule has 2 N–H and O–H groups in total. The van der Waals surface area contributed by atoms with Crippen LogP contribution < -0.4 is 5.32 Å². The lowest BCUT2D eigenvalue weighted by Gasteiger charge is -2.30. The van der Waals surface area contributed by atoms with Gasteiger partial charge in [0.15, 0.2) is 0 Å². The molecule has 0 heterocycles. The third-order valence-electron chi connectivity index (χ3n) is 2.51. The Bertz CT molecular complexity index is 96.4. The Morgan fingerprint density at radius 3 is 2.50 bits per heavy atom. The number of nitrogens with one attached hydrogen (secondary N) is 1. The van der Waals surface area contributed by atoms with Gasteiger partial charge in [0, 0.05) is 5.54 Å². The summed E-state index contributed by atoms with van der Waals surface area (Å²) in [4.78, 5) is 0. The molecule has 0 aliphatic heterocycles. The van der Waals surface area contributed by atoms with Crippen molar-refractivity contribution in [3.63, 3.8) is 0 Å². The largest absolute Gasteiger partial charge is 0.394 e. The van der Waals surface area contributed by atoms with Crippen molar-refractivity contribution in [3.05, 3.63) is 0 Å². The summed E-state index contributed by atoms with van der Waals surface area (Å²) in [6.07, 6.45) is 5.36. The Hall–Kier alpha value is 0.270. The molecule has 0 rings (SSSR count). The monoisotopic (exact) mass is 191 g/mol. The van der Waals surface area contributed by atoms with Gasteiger partial charge in [0.05, 0.1) is 6.61 Å². The van der Waals surface area contributed by atoms with E-state index in [4.69, 9.17) is 0 Å². The molecule has 0 fully saturated rings. The molecule has 0 bridgehead atoms. The topological polar surface area (TPSA) is 32.3 Å². The van der Waals surface area contributed by atoms with Crippen LogP contribution in [0.4, 0.5) is 0 Å². The number of likely N-dealkylation sites (N-methyl/N-ethyl adjacent to an activating group) is 1. The molecule has 12 heavy (non-hydrogen) atoms. The number of aliphatic hydroxyl groups excluding tert-OH is 1. The summed E-state index contributed by atoms with van der Waals surface area (Å²) >= 11 is 1.86.